The van der Waals surface area contributed by atoms with Crippen LogP contribution in [0.3, 0.4) is 0 Å². The molecular formula is C15H26N2. The van der Waals surface area contributed by atoms with E-state index in [2.05, 4.69) is 68.4 Å². The van der Waals surface area contributed by atoms with E-state index in [-0.39, 0.29) is 0 Å². The Balaban J connectivity index is 2.67. The summed E-state index contributed by atoms with van der Waals surface area (Å²) in [7, 11) is 2.21. The zero-order valence-electron chi connectivity index (χ0n) is 11.6. The fraction of sp³-hybridized carbons (Fsp3) is 0.600. The summed E-state index contributed by atoms with van der Waals surface area (Å²) in [6.07, 6.45) is 1.20. The maximum Gasteiger partial charge on any atom is 0.0449 e. The van der Waals surface area contributed by atoms with Gasteiger partial charge in [0.1, 0.15) is 0 Å². The molecule has 96 valence electrons. The lowest BCUT2D eigenvalue weighted by Crippen LogP contribution is -2.37. The lowest BCUT2D eigenvalue weighted by atomic mass is 10.1. The second-order valence-corrected chi connectivity index (χ2v) is 4.72. The molecule has 17 heavy (non-hydrogen) atoms. The van der Waals surface area contributed by atoms with Gasteiger partial charge in [-0.2, -0.15) is 0 Å². The first-order valence-electron chi connectivity index (χ1n) is 6.67. The van der Waals surface area contributed by atoms with Crippen molar-refractivity contribution >= 4 is 0 Å². The fourth-order valence-corrected chi connectivity index (χ4v) is 2.00. The fourth-order valence-electron chi connectivity index (χ4n) is 2.00. The largest absolute Gasteiger partial charge is 0.309 e. The quantitative estimate of drug-likeness (QED) is 0.780. The Morgan fingerprint density at radius 1 is 1.18 bits per heavy atom. The Labute approximate surface area is 106 Å². The molecule has 2 unspecified atom stereocenters. The summed E-state index contributed by atoms with van der Waals surface area (Å²) in [4.78, 5) is 2.43. The van der Waals surface area contributed by atoms with Crippen LogP contribution in [-0.4, -0.2) is 31.1 Å². The van der Waals surface area contributed by atoms with Gasteiger partial charge >= 0.3 is 0 Å². The highest BCUT2D eigenvalue weighted by Gasteiger charge is 2.15. The second kappa shape index (κ2) is 7.46. The molecule has 0 aromatic heterocycles. The number of benzene rings is 1. The van der Waals surface area contributed by atoms with E-state index in [9.17, 15) is 0 Å². The number of rotatable bonds is 7. The Kier molecular flexibility index (Phi) is 6.23. The molecule has 1 N–H and O–H groups in total. The topological polar surface area (TPSA) is 15.3 Å². The van der Waals surface area contributed by atoms with Crippen molar-refractivity contribution in [2.75, 3.05) is 20.1 Å². The van der Waals surface area contributed by atoms with Crippen molar-refractivity contribution in [1.82, 2.24) is 10.2 Å². The van der Waals surface area contributed by atoms with Gasteiger partial charge in [-0.25, -0.2) is 0 Å². The molecule has 0 saturated carbocycles. The highest BCUT2D eigenvalue weighted by atomic mass is 15.1. The molecule has 1 aromatic rings. The van der Waals surface area contributed by atoms with Gasteiger partial charge in [-0.3, -0.25) is 0 Å². The van der Waals surface area contributed by atoms with E-state index < -0.39 is 0 Å². The molecule has 0 aliphatic carbocycles. The summed E-state index contributed by atoms with van der Waals surface area (Å²) in [6.45, 7) is 8.76. The molecule has 0 fully saturated rings. The molecule has 2 nitrogen and oxygen atoms in total. The van der Waals surface area contributed by atoms with Crippen molar-refractivity contribution in [3.8, 4) is 0 Å². The van der Waals surface area contributed by atoms with Gasteiger partial charge in [0, 0.05) is 18.6 Å². The number of nitrogens with one attached hydrogen (secondary N) is 1. The minimum Gasteiger partial charge on any atom is -0.309 e. The van der Waals surface area contributed by atoms with Crippen molar-refractivity contribution in [3.05, 3.63) is 35.9 Å². The number of hydrogen-bond donors (Lipinski definition) is 1. The Bertz CT molecular complexity index is 297. The van der Waals surface area contributed by atoms with Crippen molar-refractivity contribution in [2.24, 2.45) is 0 Å². The highest BCUT2D eigenvalue weighted by molar-refractivity contribution is 5.19. The van der Waals surface area contributed by atoms with Gasteiger partial charge in [-0.05, 0) is 32.5 Å². The number of hydrogen-bond acceptors (Lipinski definition) is 2. The van der Waals surface area contributed by atoms with Crippen LogP contribution in [0.25, 0.3) is 0 Å². The van der Waals surface area contributed by atoms with Crippen molar-refractivity contribution in [3.63, 3.8) is 0 Å². The third-order valence-electron chi connectivity index (χ3n) is 3.47. The van der Waals surface area contributed by atoms with E-state index in [0.29, 0.717) is 12.1 Å². The van der Waals surface area contributed by atoms with E-state index in [4.69, 9.17) is 0 Å². The monoisotopic (exact) mass is 234 g/mol. The van der Waals surface area contributed by atoms with E-state index >= 15 is 0 Å². The number of likely N-dealkylation sites (N-methyl/N-ethyl adjacent to an activating group) is 2. The molecule has 0 radical (unpaired) electrons. The Morgan fingerprint density at radius 2 is 1.82 bits per heavy atom. The van der Waals surface area contributed by atoms with E-state index in [1.165, 1.54) is 12.0 Å². The van der Waals surface area contributed by atoms with Gasteiger partial charge in [0.25, 0.3) is 0 Å². The van der Waals surface area contributed by atoms with Gasteiger partial charge in [0.05, 0.1) is 0 Å². The summed E-state index contributed by atoms with van der Waals surface area (Å²) < 4.78 is 0. The zero-order chi connectivity index (χ0) is 12.7. The van der Waals surface area contributed by atoms with E-state index in [1.807, 2.05) is 0 Å². The van der Waals surface area contributed by atoms with Gasteiger partial charge in [-0.1, -0.05) is 44.2 Å². The van der Waals surface area contributed by atoms with Crippen LogP contribution in [0.2, 0.25) is 0 Å². The highest BCUT2D eigenvalue weighted by Crippen LogP contribution is 2.15. The summed E-state index contributed by atoms with van der Waals surface area (Å²) >= 11 is 0. The maximum atomic E-state index is 3.57. The molecule has 1 rings (SSSR count). The molecular weight excluding hydrogens is 208 g/mol. The molecule has 0 saturated heterocycles. The van der Waals surface area contributed by atoms with Crippen LogP contribution in [0, 0.1) is 0 Å². The van der Waals surface area contributed by atoms with Crippen LogP contribution >= 0.6 is 0 Å². The van der Waals surface area contributed by atoms with Gasteiger partial charge in [0.15, 0.2) is 0 Å². The Morgan fingerprint density at radius 3 is 2.35 bits per heavy atom. The molecule has 0 amide bonds. The summed E-state index contributed by atoms with van der Waals surface area (Å²) in [6, 6.07) is 11.8. The van der Waals surface area contributed by atoms with Gasteiger partial charge < -0.3 is 10.2 Å². The molecule has 0 spiro atoms. The minimum atomic E-state index is 0.431. The first-order valence-corrected chi connectivity index (χ1v) is 6.67. The molecule has 0 bridgehead atoms. The van der Waals surface area contributed by atoms with Gasteiger partial charge in [-0.15, -0.1) is 0 Å². The third-order valence-corrected chi connectivity index (χ3v) is 3.47. The van der Waals surface area contributed by atoms with Crippen LogP contribution in [-0.2, 0) is 0 Å². The Hall–Kier alpha value is -0.860. The van der Waals surface area contributed by atoms with Crippen molar-refractivity contribution in [2.45, 2.75) is 39.3 Å². The standard InChI is InChI=1S/C15H26N2/c1-5-13(3)17(4)12-15(16-6-2)14-10-8-7-9-11-14/h7-11,13,15-16H,5-6,12H2,1-4H3. The lowest BCUT2D eigenvalue weighted by Gasteiger charge is -2.29. The minimum absolute atomic E-state index is 0.431. The molecule has 2 atom stereocenters. The number of nitrogens with zero attached hydrogens (tertiary/aromatic N) is 1. The molecule has 1 aromatic carbocycles. The molecule has 0 heterocycles. The maximum absolute atomic E-state index is 3.57. The van der Waals surface area contributed by atoms with Crippen LogP contribution in [0.1, 0.15) is 38.8 Å². The first-order chi connectivity index (χ1) is 8.19. The predicted octanol–water partition coefficient (Wildman–Crippen LogP) is 3.07. The average molecular weight is 234 g/mol. The second-order valence-electron chi connectivity index (χ2n) is 4.72. The van der Waals surface area contributed by atoms with Crippen molar-refractivity contribution < 1.29 is 0 Å². The van der Waals surface area contributed by atoms with E-state index in [1.54, 1.807) is 0 Å². The predicted molar refractivity (Wildman–Crippen MR) is 75.2 cm³/mol. The summed E-state index contributed by atoms with van der Waals surface area (Å²) in [5, 5.41) is 3.57. The van der Waals surface area contributed by atoms with Gasteiger partial charge in [0.2, 0.25) is 0 Å². The lowest BCUT2D eigenvalue weighted by molar-refractivity contribution is 0.225. The van der Waals surface area contributed by atoms with Crippen molar-refractivity contribution in [1.29, 1.82) is 0 Å². The summed E-state index contributed by atoms with van der Waals surface area (Å²) in [5.41, 5.74) is 1.38. The van der Waals surface area contributed by atoms with Crippen LogP contribution < -0.4 is 5.32 Å². The first kappa shape index (κ1) is 14.2. The van der Waals surface area contributed by atoms with E-state index in [0.717, 1.165) is 13.1 Å². The van der Waals surface area contributed by atoms with Crippen LogP contribution in [0.4, 0.5) is 0 Å². The molecule has 0 aliphatic heterocycles. The average Bonchev–Trinajstić information content (AvgIpc) is 2.38. The zero-order valence-corrected chi connectivity index (χ0v) is 11.6. The smallest absolute Gasteiger partial charge is 0.0449 e. The third kappa shape index (κ3) is 4.49. The SMILES string of the molecule is CCNC(CN(C)C(C)CC)c1ccccc1. The van der Waals surface area contributed by atoms with Crippen LogP contribution in [0.5, 0.6) is 0 Å². The normalized spacial score (nSPS) is 14.9. The molecule has 2 heteroatoms. The summed E-state index contributed by atoms with van der Waals surface area (Å²) in [5.74, 6) is 0. The molecule has 0 aliphatic rings. The van der Waals surface area contributed by atoms with Crippen LogP contribution in [0.15, 0.2) is 30.3 Å².